The second kappa shape index (κ2) is 7.79. The number of nitrogens with one attached hydrogen (secondary N) is 1. The molecular weight excluding hydrogens is 308 g/mol. The first-order valence-corrected chi connectivity index (χ1v) is 8.56. The highest BCUT2D eigenvalue weighted by Crippen LogP contribution is 2.27. The first-order valence-electron chi connectivity index (χ1n) is 8.56. The molecule has 7 heteroatoms. The van der Waals surface area contributed by atoms with Crippen LogP contribution in [0.5, 0.6) is 0 Å². The third kappa shape index (κ3) is 4.14. The number of fused-ring (bicyclic) bond motifs is 1. The van der Waals surface area contributed by atoms with Gasteiger partial charge in [-0.25, -0.2) is 4.79 Å². The van der Waals surface area contributed by atoms with Gasteiger partial charge in [-0.15, -0.1) is 0 Å². The van der Waals surface area contributed by atoms with Crippen molar-refractivity contribution in [3.05, 3.63) is 17.0 Å². The average molecular weight is 336 g/mol. The van der Waals surface area contributed by atoms with Crippen LogP contribution in [-0.4, -0.2) is 58.3 Å². The molecule has 24 heavy (non-hydrogen) atoms. The van der Waals surface area contributed by atoms with Gasteiger partial charge in [0.05, 0.1) is 0 Å². The minimum absolute atomic E-state index is 0.0225. The molecule has 0 fully saturated rings. The van der Waals surface area contributed by atoms with Crippen LogP contribution in [0.4, 0.5) is 0 Å². The van der Waals surface area contributed by atoms with Gasteiger partial charge in [0.2, 0.25) is 5.91 Å². The maximum absolute atomic E-state index is 11.6. The Morgan fingerprint density at radius 3 is 2.75 bits per heavy atom. The summed E-state index contributed by atoms with van der Waals surface area (Å²) in [7, 11) is 3.63. The van der Waals surface area contributed by atoms with Crippen LogP contribution in [0, 0.1) is 5.92 Å². The van der Waals surface area contributed by atoms with E-state index in [9.17, 15) is 14.7 Å². The Hall–Kier alpha value is -1.89. The summed E-state index contributed by atoms with van der Waals surface area (Å²) in [5.74, 6) is -0.514. The van der Waals surface area contributed by atoms with Crippen molar-refractivity contribution in [1.82, 2.24) is 20.0 Å². The fourth-order valence-electron chi connectivity index (χ4n) is 3.30. The van der Waals surface area contributed by atoms with Crippen LogP contribution in [0.1, 0.15) is 48.4 Å². The zero-order valence-corrected chi connectivity index (χ0v) is 15.0. The number of carboxylic acids is 1. The van der Waals surface area contributed by atoms with E-state index >= 15 is 0 Å². The van der Waals surface area contributed by atoms with Crippen LogP contribution in [0.2, 0.25) is 0 Å². The zero-order chi connectivity index (χ0) is 17.9. The maximum atomic E-state index is 11.6. The summed E-state index contributed by atoms with van der Waals surface area (Å²) < 4.78 is 1.88. The Balaban J connectivity index is 2.15. The third-order valence-corrected chi connectivity index (χ3v) is 4.66. The molecule has 1 aromatic rings. The molecule has 2 N–H and O–H groups in total. The lowest BCUT2D eigenvalue weighted by atomic mass is 9.90. The summed E-state index contributed by atoms with van der Waals surface area (Å²) in [5.41, 5.74) is 2.12. The number of carbonyl (C=O) groups is 2. The molecule has 1 amide bonds. The molecule has 1 atom stereocenters. The highest BCUT2D eigenvalue weighted by molar-refractivity contribution is 5.87. The van der Waals surface area contributed by atoms with Crippen LogP contribution >= 0.6 is 0 Å². The predicted molar refractivity (Wildman–Crippen MR) is 91.2 cm³/mol. The summed E-state index contributed by atoms with van der Waals surface area (Å²) in [6.45, 7) is 5.62. The van der Waals surface area contributed by atoms with Crippen molar-refractivity contribution in [1.29, 1.82) is 0 Å². The van der Waals surface area contributed by atoms with Crippen molar-refractivity contribution >= 4 is 11.9 Å². The van der Waals surface area contributed by atoms with Crippen LogP contribution in [0.25, 0.3) is 0 Å². The lowest BCUT2D eigenvalue weighted by Gasteiger charge is -2.31. The maximum Gasteiger partial charge on any atom is 0.356 e. The standard InChI is InChI=1S/C17H28N4O3/c1-11(2)10-21-14-6-5-12(20(4)8-7-15(22)18-3)9-13(14)16(19-21)17(23)24/h11-12H,5-10H2,1-4H3,(H,18,22)(H,23,24)/t12-/m0/s1. The van der Waals surface area contributed by atoms with Gasteiger partial charge in [-0.3, -0.25) is 9.48 Å². The van der Waals surface area contributed by atoms with Gasteiger partial charge in [-0.05, 0) is 32.2 Å². The number of hydrogen-bond donors (Lipinski definition) is 2. The second-order valence-electron chi connectivity index (χ2n) is 6.96. The Bertz CT molecular complexity index is 609. The van der Waals surface area contributed by atoms with E-state index in [-0.39, 0.29) is 17.6 Å². The van der Waals surface area contributed by atoms with Crippen molar-refractivity contribution in [2.45, 2.75) is 52.1 Å². The summed E-state index contributed by atoms with van der Waals surface area (Å²) in [6.07, 6.45) is 2.92. The molecule has 1 aliphatic rings. The topological polar surface area (TPSA) is 87.5 Å². The SMILES string of the molecule is CNC(=O)CCN(C)[C@H]1CCc2c(c(C(=O)O)nn2CC(C)C)C1. The number of amides is 1. The summed E-state index contributed by atoms with van der Waals surface area (Å²) in [5, 5.41) is 16.5. The van der Waals surface area contributed by atoms with Gasteiger partial charge in [0.15, 0.2) is 5.69 Å². The number of aromatic nitrogens is 2. The predicted octanol–water partition coefficient (Wildman–Crippen LogP) is 1.16. The van der Waals surface area contributed by atoms with Crippen molar-refractivity contribution in [2.75, 3.05) is 20.6 Å². The van der Waals surface area contributed by atoms with E-state index in [1.807, 2.05) is 11.7 Å². The fraction of sp³-hybridized carbons (Fsp3) is 0.706. The van der Waals surface area contributed by atoms with E-state index in [0.717, 1.165) is 30.6 Å². The van der Waals surface area contributed by atoms with Crippen molar-refractivity contribution < 1.29 is 14.7 Å². The molecule has 0 spiro atoms. The van der Waals surface area contributed by atoms with Crippen LogP contribution in [0.15, 0.2) is 0 Å². The Kier molecular flexibility index (Phi) is 5.99. The molecule has 134 valence electrons. The van der Waals surface area contributed by atoms with Crippen LogP contribution in [0.3, 0.4) is 0 Å². The number of nitrogens with zero attached hydrogens (tertiary/aromatic N) is 3. The Labute approximate surface area is 143 Å². The van der Waals surface area contributed by atoms with E-state index in [4.69, 9.17) is 0 Å². The molecule has 0 saturated heterocycles. The minimum Gasteiger partial charge on any atom is -0.476 e. The van der Waals surface area contributed by atoms with Crippen molar-refractivity contribution in [3.63, 3.8) is 0 Å². The molecule has 0 aromatic carbocycles. The minimum atomic E-state index is -0.956. The van der Waals surface area contributed by atoms with Gasteiger partial charge in [-0.1, -0.05) is 13.8 Å². The van der Waals surface area contributed by atoms with Crippen LogP contribution in [-0.2, 0) is 24.2 Å². The number of hydrogen-bond acceptors (Lipinski definition) is 4. The van der Waals surface area contributed by atoms with E-state index in [2.05, 4.69) is 29.2 Å². The fourth-order valence-corrected chi connectivity index (χ4v) is 3.30. The monoisotopic (exact) mass is 336 g/mol. The highest BCUT2D eigenvalue weighted by atomic mass is 16.4. The Morgan fingerprint density at radius 2 is 2.17 bits per heavy atom. The molecular formula is C17H28N4O3. The lowest BCUT2D eigenvalue weighted by molar-refractivity contribution is -0.121. The molecule has 0 bridgehead atoms. The second-order valence-corrected chi connectivity index (χ2v) is 6.96. The van der Waals surface area contributed by atoms with Gasteiger partial charge in [0.1, 0.15) is 0 Å². The van der Waals surface area contributed by atoms with E-state index in [0.29, 0.717) is 25.3 Å². The van der Waals surface area contributed by atoms with Crippen molar-refractivity contribution in [3.8, 4) is 0 Å². The largest absolute Gasteiger partial charge is 0.476 e. The molecule has 0 saturated carbocycles. The quantitative estimate of drug-likeness (QED) is 0.780. The average Bonchev–Trinajstić information content (AvgIpc) is 2.89. The Morgan fingerprint density at radius 1 is 1.46 bits per heavy atom. The number of carbonyl (C=O) groups excluding carboxylic acids is 1. The van der Waals surface area contributed by atoms with Gasteiger partial charge in [0, 0.05) is 43.9 Å². The summed E-state index contributed by atoms with van der Waals surface area (Å²) >= 11 is 0. The number of carboxylic acid groups (broad SMARTS) is 1. The first-order chi connectivity index (χ1) is 11.3. The molecule has 0 radical (unpaired) electrons. The van der Waals surface area contributed by atoms with Gasteiger partial charge < -0.3 is 15.3 Å². The van der Waals surface area contributed by atoms with E-state index < -0.39 is 5.97 Å². The lowest BCUT2D eigenvalue weighted by Crippen LogP contribution is -2.39. The third-order valence-electron chi connectivity index (χ3n) is 4.66. The molecule has 1 aliphatic carbocycles. The number of aromatic carboxylic acids is 1. The van der Waals surface area contributed by atoms with Crippen LogP contribution < -0.4 is 5.32 Å². The molecule has 1 heterocycles. The number of rotatable bonds is 7. The van der Waals surface area contributed by atoms with Gasteiger partial charge in [0.25, 0.3) is 0 Å². The van der Waals surface area contributed by atoms with Gasteiger partial charge >= 0.3 is 5.97 Å². The van der Waals surface area contributed by atoms with Gasteiger partial charge in [-0.2, -0.15) is 5.10 Å². The first kappa shape index (κ1) is 18.4. The highest BCUT2D eigenvalue weighted by Gasteiger charge is 2.30. The summed E-state index contributed by atoms with van der Waals surface area (Å²) in [4.78, 5) is 25.1. The van der Waals surface area contributed by atoms with E-state index in [1.54, 1.807) is 7.05 Å². The molecule has 2 rings (SSSR count). The number of likely N-dealkylation sites (N-methyl/N-ethyl adjacent to an activating group) is 1. The van der Waals surface area contributed by atoms with E-state index in [1.165, 1.54) is 0 Å². The molecule has 7 nitrogen and oxygen atoms in total. The summed E-state index contributed by atoms with van der Waals surface area (Å²) in [6, 6.07) is 0.247. The smallest absolute Gasteiger partial charge is 0.356 e. The zero-order valence-electron chi connectivity index (χ0n) is 15.0. The normalized spacial score (nSPS) is 17.2. The molecule has 1 aromatic heterocycles. The molecule has 0 aliphatic heterocycles. The van der Waals surface area contributed by atoms with Crippen molar-refractivity contribution in [2.24, 2.45) is 5.92 Å². The molecule has 0 unspecified atom stereocenters.